The van der Waals surface area contributed by atoms with Crippen LogP contribution in [-0.4, -0.2) is 35.5 Å². The minimum Gasteiger partial charge on any atom is -0.311 e. The first kappa shape index (κ1) is 14.5. The SMILES string of the molecule is CCc1nn(C)c2c1nc(C(C)Cl)n2CCS(C)=O. The Morgan fingerprint density at radius 3 is 2.68 bits per heavy atom. The lowest BCUT2D eigenvalue weighted by Crippen LogP contribution is -2.12. The second-order valence-corrected chi connectivity index (χ2v) is 6.82. The second-order valence-electron chi connectivity index (χ2n) is 4.61. The van der Waals surface area contributed by atoms with Crippen molar-refractivity contribution >= 4 is 33.6 Å². The highest BCUT2D eigenvalue weighted by molar-refractivity contribution is 7.84. The van der Waals surface area contributed by atoms with Crippen molar-refractivity contribution in [2.45, 2.75) is 32.2 Å². The molecule has 0 aliphatic carbocycles. The maximum absolute atomic E-state index is 11.3. The van der Waals surface area contributed by atoms with E-state index in [1.54, 1.807) is 6.26 Å². The van der Waals surface area contributed by atoms with E-state index in [9.17, 15) is 4.21 Å². The molecule has 2 aromatic heterocycles. The third-order valence-electron chi connectivity index (χ3n) is 3.11. The quantitative estimate of drug-likeness (QED) is 0.794. The van der Waals surface area contributed by atoms with Gasteiger partial charge in [-0.15, -0.1) is 11.6 Å². The van der Waals surface area contributed by atoms with Gasteiger partial charge in [-0.2, -0.15) is 5.10 Å². The minimum absolute atomic E-state index is 0.178. The summed E-state index contributed by atoms with van der Waals surface area (Å²) in [4.78, 5) is 4.63. The van der Waals surface area contributed by atoms with Crippen molar-refractivity contribution in [2.24, 2.45) is 7.05 Å². The lowest BCUT2D eigenvalue weighted by atomic mass is 10.3. The van der Waals surface area contributed by atoms with Crippen molar-refractivity contribution < 1.29 is 4.21 Å². The Morgan fingerprint density at radius 2 is 2.16 bits per heavy atom. The Morgan fingerprint density at radius 1 is 1.47 bits per heavy atom. The topological polar surface area (TPSA) is 52.7 Å². The summed E-state index contributed by atoms with van der Waals surface area (Å²) < 4.78 is 15.2. The number of alkyl halides is 1. The zero-order valence-corrected chi connectivity index (χ0v) is 13.3. The van der Waals surface area contributed by atoms with Crippen LogP contribution in [0.15, 0.2) is 0 Å². The highest BCUT2D eigenvalue weighted by Crippen LogP contribution is 2.26. The fraction of sp³-hybridized carbons (Fsp3) is 0.667. The predicted octanol–water partition coefficient (Wildman–Crippen LogP) is 2.01. The lowest BCUT2D eigenvalue weighted by Gasteiger charge is -2.09. The van der Waals surface area contributed by atoms with Gasteiger partial charge in [0.2, 0.25) is 0 Å². The van der Waals surface area contributed by atoms with E-state index in [4.69, 9.17) is 11.6 Å². The van der Waals surface area contributed by atoms with Crippen LogP contribution in [0.2, 0.25) is 0 Å². The summed E-state index contributed by atoms with van der Waals surface area (Å²) in [6.45, 7) is 4.61. The van der Waals surface area contributed by atoms with Gasteiger partial charge in [-0.1, -0.05) is 6.92 Å². The zero-order valence-electron chi connectivity index (χ0n) is 11.7. The highest BCUT2D eigenvalue weighted by atomic mass is 35.5. The standard InChI is InChI=1S/C12H19ClN4OS/c1-5-9-10-12(16(3)15-9)17(6-7-19(4)18)11(14-10)8(2)13/h8H,5-7H2,1-4H3. The van der Waals surface area contributed by atoms with E-state index in [1.165, 1.54) is 0 Å². The van der Waals surface area contributed by atoms with E-state index < -0.39 is 10.8 Å². The normalized spacial score (nSPS) is 15.0. The van der Waals surface area contributed by atoms with Gasteiger partial charge in [0, 0.05) is 36.4 Å². The predicted molar refractivity (Wildman–Crippen MR) is 79.1 cm³/mol. The van der Waals surface area contributed by atoms with Gasteiger partial charge in [-0.25, -0.2) is 4.98 Å². The maximum Gasteiger partial charge on any atom is 0.158 e. The number of aryl methyl sites for hydroxylation is 3. The summed E-state index contributed by atoms with van der Waals surface area (Å²) in [6.07, 6.45) is 2.54. The van der Waals surface area contributed by atoms with Crippen LogP contribution in [0.3, 0.4) is 0 Å². The van der Waals surface area contributed by atoms with Crippen molar-refractivity contribution in [3.8, 4) is 0 Å². The van der Waals surface area contributed by atoms with E-state index in [-0.39, 0.29) is 5.38 Å². The summed E-state index contributed by atoms with van der Waals surface area (Å²) in [6, 6.07) is 0. The average Bonchev–Trinajstić information content (AvgIpc) is 2.85. The highest BCUT2D eigenvalue weighted by Gasteiger charge is 2.20. The van der Waals surface area contributed by atoms with Crippen LogP contribution < -0.4 is 0 Å². The number of hydrogen-bond acceptors (Lipinski definition) is 3. The molecule has 0 aliphatic heterocycles. The lowest BCUT2D eigenvalue weighted by molar-refractivity contribution is 0.655. The number of nitrogens with zero attached hydrogens (tertiary/aromatic N) is 4. The summed E-state index contributed by atoms with van der Waals surface area (Å²) in [5, 5.41) is 4.29. The number of fused-ring (bicyclic) bond motifs is 1. The first-order chi connectivity index (χ1) is 8.95. The fourth-order valence-corrected chi connectivity index (χ4v) is 2.85. The van der Waals surface area contributed by atoms with Crippen LogP contribution in [0.25, 0.3) is 11.2 Å². The second kappa shape index (κ2) is 5.63. The van der Waals surface area contributed by atoms with E-state index in [0.717, 1.165) is 29.1 Å². The van der Waals surface area contributed by atoms with Crippen LogP contribution in [-0.2, 0) is 30.8 Å². The molecule has 0 bridgehead atoms. The van der Waals surface area contributed by atoms with Crippen molar-refractivity contribution in [1.82, 2.24) is 19.3 Å². The van der Waals surface area contributed by atoms with Crippen molar-refractivity contribution in [2.75, 3.05) is 12.0 Å². The molecule has 2 aromatic rings. The smallest absolute Gasteiger partial charge is 0.158 e. The molecule has 0 amide bonds. The number of aromatic nitrogens is 4. The van der Waals surface area contributed by atoms with E-state index in [1.807, 2.05) is 23.2 Å². The summed E-state index contributed by atoms with van der Waals surface area (Å²) in [5.41, 5.74) is 2.85. The molecule has 2 atom stereocenters. The molecule has 0 fully saturated rings. The van der Waals surface area contributed by atoms with Crippen molar-refractivity contribution in [3.63, 3.8) is 0 Å². The molecule has 0 radical (unpaired) electrons. The molecule has 0 saturated heterocycles. The van der Waals surface area contributed by atoms with Crippen LogP contribution in [0.5, 0.6) is 0 Å². The zero-order chi connectivity index (χ0) is 14.2. The Balaban J connectivity index is 2.58. The first-order valence-electron chi connectivity index (χ1n) is 6.31. The molecule has 5 nitrogen and oxygen atoms in total. The van der Waals surface area contributed by atoms with Gasteiger partial charge in [0.05, 0.1) is 11.1 Å². The van der Waals surface area contributed by atoms with Crippen LogP contribution in [0, 0.1) is 0 Å². The molecule has 2 unspecified atom stereocenters. The first-order valence-corrected chi connectivity index (χ1v) is 8.48. The van der Waals surface area contributed by atoms with Gasteiger partial charge in [0.1, 0.15) is 11.3 Å². The molecule has 0 N–H and O–H groups in total. The van der Waals surface area contributed by atoms with E-state index in [0.29, 0.717) is 12.3 Å². The maximum atomic E-state index is 11.3. The summed E-state index contributed by atoms with van der Waals surface area (Å²) in [5.74, 6) is 1.42. The fourth-order valence-electron chi connectivity index (χ4n) is 2.24. The molecular weight excluding hydrogens is 284 g/mol. The van der Waals surface area contributed by atoms with Gasteiger partial charge < -0.3 is 4.57 Å². The molecule has 2 rings (SSSR count). The molecule has 106 valence electrons. The van der Waals surface area contributed by atoms with Crippen LogP contribution in [0.4, 0.5) is 0 Å². The minimum atomic E-state index is -0.838. The third-order valence-corrected chi connectivity index (χ3v) is 4.07. The van der Waals surface area contributed by atoms with E-state index in [2.05, 4.69) is 17.0 Å². The summed E-state index contributed by atoms with van der Waals surface area (Å²) in [7, 11) is 1.07. The molecule has 7 heteroatoms. The van der Waals surface area contributed by atoms with Crippen LogP contribution >= 0.6 is 11.6 Å². The molecule has 0 aromatic carbocycles. The monoisotopic (exact) mass is 302 g/mol. The molecule has 2 heterocycles. The van der Waals surface area contributed by atoms with Gasteiger partial charge in [0.25, 0.3) is 0 Å². The largest absolute Gasteiger partial charge is 0.311 e. The molecular formula is C12H19ClN4OS. The third kappa shape index (κ3) is 2.69. The molecule has 19 heavy (non-hydrogen) atoms. The Kier molecular flexibility index (Phi) is 4.30. The Labute approximate surface area is 120 Å². The summed E-state index contributed by atoms with van der Waals surface area (Å²) >= 11 is 6.21. The number of imidazole rings is 1. The van der Waals surface area contributed by atoms with E-state index >= 15 is 0 Å². The average molecular weight is 303 g/mol. The van der Waals surface area contributed by atoms with Crippen molar-refractivity contribution in [3.05, 3.63) is 11.5 Å². The van der Waals surface area contributed by atoms with Gasteiger partial charge in [-0.3, -0.25) is 8.89 Å². The van der Waals surface area contributed by atoms with Gasteiger partial charge in [-0.05, 0) is 13.3 Å². The molecule has 0 saturated carbocycles. The number of rotatable bonds is 5. The number of hydrogen-bond donors (Lipinski definition) is 0. The van der Waals surface area contributed by atoms with Gasteiger partial charge >= 0.3 is 0 Å². The Hall–Kier alpha value is -0.880. The number of halogens is 1. The van der Waals surface area contributed by atoms with Crippen molar-refractivity contribution in [1.29, 1.82) is 0 Å². The Bertz CT molecular complexity index is 617. The van der Waals surface area contributed by atoms with Crippen LogP contribution in [0.1, 0.15) is 30.7 Å². The molecule has 0 aliphatic rings. The van der Waals surface area contributed by atoms with Gasteiger partial charge in [0.15, 0.2) is 5.65 Å². The molecule has 0 spiro atoms.